The van der Waals surface area contributed by atoms with Crippen LogP contribution in [0.15, 0.2) is 0 Å². The number of methoxy groups -OCH3 is 1. The summed E-state index contributed by atoms with van der Waals surface area (Å²) in [6, 6.07) is 0.690. The second-order valence-electron chi connectivity index (χ2n) is 4.59. The fraction of sp³-hybridized carbons (Fsp3) is 1.00. The Morgan fingerprint density at radius 2 is 1.93 bits per heavy atom. The Hall–Kier alpha value is -0.0800. The van der Waals surface area contributed by atoms with Crippen LogP contribution in [-0.2, 0) is 4.74 Å². The van der Waals surface area contributed by atoms with Gasteiger partial charge in [-0.1, -0.05) is 33.6 Å². The first-order valence-electron chi connectivity index (χ1n) is 6.46. The lowest BCUT2D eigenvalue weighted by Crippen LogP contribution is -2.32. The van der Waals surface area contributed by atoms with Crippen molar-refractivity contribution in [3.05, 3.63) is 0 Å². The molecule has 0 bridgehead atoms. The summed E-state index contributed by atoms with van der Waals surface area (Å²) in [5.74, 6) is 0.668. The number of hydrogen-bond acceptors (Lipinski definition) is 2. The minimum Gasteiger partial charge on any atom is -0.384 e. The van der Waals surface area contributed by atoms with E-state index < -0.39 is 0 Å². The van der Waals surface area contributed by atoms with Crippen molar-refractivity contribution < 1.29 is 4.74 Å². The molecule has 0 fully saturated rings. The molecule has 0 amide bonds. The van der Waals surface area contributed by atoms with Gasteiger partial charge in [-0.3, -0.25) is 0 Å². The van der Waals surface area contributed by atoms with Crippen molar-refractivity contribution in [3.8, 4) is 0 Å². The summed E-state index contributed by atoms with van der Waals surface area (Å²) >= 11 is 0. The Morgan fingerprint density at radius 1 is 1.20 bits per heavy atom. The van der Waals surface area contributed by atoms with Crippen LogP contribution in [-0.4, -0.2) is 26.3 Å². The third kappa shape index (κ3) is 8.88. The first kappa shape index (κ1) is 14.9. The molecule has 1 N–H and O–H groups in total. The molecule has 0 radical (unpaired) electrons. The number of nitrogens with one attached hydrogen (secondary N) is 1. The molecule has 0 aromatic rings. The highest BCUT2D eigenvalue weighted by atomic mass is 16.5. The largest absolute Gasteiger partial charge is 0.384 e. The lowest BCUT2D eigenvalue weighted by atomic mass is 9.98. The summed E-state index contributed by atoms with van der Waals surface area (Å²) in [6.45, 7) is 8.79. The lowest BCUT2D eigenvalue weighted by molar-refractivity contribution is 0.148. The van der Waals surface area contributed by atoms with Crippen LogP contribution in [0.5, 0.6) is 0 Å². The van der Waals surface area contributed by atoms with Crippen LogP contribution in [0.2, 0.25) is 0 Å². The van der Waals surface area contributed by atoms with Gasteiger partial charge >= 0.3 is 0 Å². The van der Waals surface area contributed by atoms with E-state index in [0.29, 0.717) is 12.0 Å². The zero-order valence-electron chi connectivity index (χ0n) is 11.0. The molecular weight excluding hydrogens is 186 g/mol. The van der Waals surface area contributed by atoms with Crippen LogP contribution in [0.3, 0.4) is 0 Å². The maximum atomic E-state index is 5.19. The fourth-order valence-electron chi connectivity index (χ4n) is 1.94. The van der Waals surface area contributed by atoms with Gasteiger partial charge in [0.1, 0.15) is 0 Å². The highest BCUT2D eigenvalue weighted by Crippen LogP contribution is 2.12. The van der Waals surface area contributed by atoms with Gasteiger partial charge in [-0.05, 0) is 31.7 Å². The van der Waals surface area contributed by atoms with Gasteiger partial charge in [-0.25, -0.2) is 0 Å². The molecule has 0 heterocycles. The van der Waals surface area contributed by atoms with E-state index >= 15 is 0 Å². The van der Waals surface area contributed by atoms with E-state index in [1.54, 1.807) is 7.11 Å². The van der Waals surface area contributed by atoms with Crippen molar-refractivity contribution in [3.63, 3.8) is 0 Å². The monoisotopic (exact) mass is 215 g/mol. The molecule has 92 valence electrons. The molecule has 0 aliphatic heterocycles. The molecule has 0 aromatic heterocycles. The Balaban J connectivity index is 3.76. The predicted molar refractivity (Wildman–Crippen MR) is 67.3 cm³/mol. The normalized spacial score (nSPS) is 15.2. The van der Waals surface area contributed by atoms with E-state index in [-0.39, 0.29) is 0 Å². The molecule has 15 heavy (non-hydrogen) atoms. The summed E-state index contributed by atoms with van der Waals surface area (Å²) in [6.07, 6.45) is 6.41. The van der Waals surface area contributed by atoms with Gasteiger partial charge < -0.3 is 10.1 Å². The van der Waals surface area contributed by atoms with Crippen LogP contribution >= 0.6 is 0 Å². The molecule has 2 atom stereocenters. The molecule has 0 saturated carbocycles. The Kier molecular flexibility index (Phi) is 10.4. The highest BCUT2D eigenvalue weighted by molar-refractivity contribution is 4.69. The number of ether oxygens (including phenoxy) is 1. The van der Waals surface area contributed by atoms with Gasteiger partial charge in [0.15, 0.2) is 0 Å². The minimum absolute atomic E-state index is 0.668. The third-order valence-electron chi connectivity index (χ3n) is 2.73. The number of unbranched alkanes of at least 4 members (excludes halogenated alkanes) is 1. The SMILES string of the molecule is CCCCC(CC(C)COC)NCCC. The lowest BCUT2D eigenvalue weighted by Gasteiger charge is -2.21. The highest BCUT2D eigenvalue weighted by Gasteiger charge is 2.11. The van der Waals surface area contributed by atoms with E-state index in [2.05, 4.69) is 26.1 Å². The molecule has 2 unspecified atom stereocenters. The van der Waals surface area contributed by atoms with Crippen LogP contribution in [0.1, 0.15) is 52.9 Å². The van der Waals surface area contributed by atoms with Crippen molar-refractivity contribution in [1.29, 1.82) is 0 Å². The van der Waals surface area contributed by atoms with Gasteiger partial charge in [0.2, 0.25) is 0 Å². The number of rotatable bonds is 10. The Bertz CT molecular complexity index is 120. The van der Waals surface area contributed by atoms with Crippen LogP contribution in [0.4, 0.5) is 0 Å². The van der Waals surface area contributed by atoms with E-state index in [1.165, 1.54) is 32.1 Å². The van der Waals surface area contributed by atoms with E-state index in [0.717, 1.165) is 13.2 Å². The maximum absolute atomic E-state index is 5.19. The summed E-state index contributed by atoms with van der Waals surface area (Å²) in [5.41, 5.74) is 0. The standard InChI is InChI=1S/C13H29NO/c1-5-7-8-13(14-9-6-2)10-12(3)11-15-4/h12-14H,5-11H2,1-4H3. The molecule has 0 aromatic carbocycles. The maximum Gasteiger partial charge on any atom is 0.0488 e. The van der Waals surface area contributed by atoms with Gasteiger partial charge in [-0.15, -0.1) is 0 Å². The molecule has 0 saturated heterocycles. The molecular formula is C13H29NO. The zero-order valence-corrected chi connectivity index (χ0v) is 11.0. The minimum atomic E-state index is 0.668. The van der Waals surface area contributed by atoms with Crippen LogP contribution in [0, 0.1) is 5.92 Å². The fourth-order valence-corrected chi connectivity index (χ4v) is 1.94. The molecule has 2 nitrogen and oxygen atoms in total. The summed E-state index contributed by atoms with van der Waals surface area (Å²) in [4.78, 5) is 0. The van der Waals surface area contributed by atoms with Gasteiger partial charge in [0.25, 0.3) is 0 Å². The van der Waals surface area contributed by atoms with Crippen molar-refractivity contribution in [2.75, 3.05) is 20.3 Å². The van der Waals surface area contributed by atoms with E-state index in [1.807, 2.05) is 0 Å². The molecule has 0 aliphatic rings. The second-order valence-corrected chi connectivity index (χ2v) is 4.59. The van der Waals surface area contributed by atoms with Crippen molar-refractivity contribution in [2.45, 2.75) is 58.9 Å². The van der Waals surface area contributed by atoms with E-state index in [9.17, 15) is 0 Å². The number of hydrogen-bond donors (Lipinski definition) is 1. The average Bonchev–Trinajstić information content (AvgIpc) is 2.22. The van der Waals surface area contributed by atoms with Gasteiger partial charge in [0, 0.05) is 19.8 Å². The first-order chi connectivity index (χ1) is 7.24. The summed E-state index contributed by atoms with van der Waals surface area (Å²) in [5, 5.41) is 3.64. The summed E-state index contributed by atoms with van der Waals surface area (Å²) < 4.78 is 5.19. The molecule has 2 heteroatoms. The molecule has 0 spiro atoms. The third-order valence-corrected chi connectivity index (χ3v) is 2.73. The van der Waals surface area contributed by atoms with Crippen molar-refractivity contribution in [2.24, 2.45) is 5.92 Å². The first-order valence-corrected chi connectivity index (χ1v) is 6.46. The van der Waals surface area contributed by atoms with E-state index in [4.69, 9.17) is 4.74 Å². The average molecular weight is 215 g/mol. The topological polar surface area (TPSA) is 21.3 Å². The Labute approximate surface area is 95.8 Å². The summed E-state index contributed by atoms with van der Waals surface area (Å²) in [7, 11) is 1.79. The second kappa shape index (κ2) is 10.4. The predicted octanol–water partition coefficient (Wildman–Crippen LogP) is 3.22. The van der Waals surface area contributed by atoms with Crippen LogP contribution < -0.4 is 5.32 Å². The van der Waals surface area contributed by atoms with Crippen LogP contribution in [0.25, 0.3) is 0 Å². The smallest absolute Gasteiger partial charge is 0.0488 e. The van der Waals surface area contributed by atoms with Crippen molar-refractivity contribution in [1.82, 2.24) is 5.32 Å². The molecule has 0 rings (SSSR count). The Morgan fingerprint density at radius 3 is 2.47 bits per heavy atom. The quantitative estimate of drug-likeness (QED) is 0.604. The molecule has 0 aliphatic carbocycles. The zero-order chi connectivity index (χ0) is 11.5. The van der Waals surface area contributed by atoms with Crippen molar-refractivity contribution >= 4 is 0 Å². The van der Waals surface area contributed by atoms with Gasteiger partial charge in [0.05, 0.1) is 0 Å². The van der Waals surface area contributed by atoms with Gasteiger partial charge in [-0.2, -0.15) is 0 Å².